The van der Waals surface area contributed by atoms with Crippen molar-refractivity contribution < 1.29 is 13.9 Å². The standard InChI is InChI=1S/C23H17ClN2O4S/c1-11-12(2)31-23(25-11)26-19(14-6-4-5-7-16(14)29-3)18-20(27)15-10-13(24)8-9-17(15)30-21(18)22(26)28/h4-10,19H,1-3H3/t19-/m1/s1. The third-order valence-electron chi connectivity index (χ3n) is 5.49. The number of para-hydroxylation sites is 1. The Morgan fingerprint density at radius 2 is 1.94 bits per heavy atom. The highest BCUT2D eigenvalue weighted by Crippen LogP contribution is 2.45. The summed E-state index contributed by atoms with van der Waals surface area (Å²) < 4.78 is 11.5. The molecule has 3 heterocycles. The van der Waals surface area contributed by atoms with Gasteiger partial charge in [0.25, 0.3) is 5.91 Å². The summed E-state index contributed by atoms with van der Waals surface area (Å²) in [5.74, 6) is 0.170. The van der Waals surface area contributed by atoms with E-state index in [2.05, 4.69) is 4.98 Å². The van der Waals surface area contributed by atoms with E-state index in [0.29, 0.717) is 32.4 Å². The second-order valence-corrected chi connectivity index (χ2v) is 8.89. The molecule has 1 amide bonds. The summed E-state index contributed by atoms with van der Waals surface area (Å²) in [5.41, 5.74) is 1.79. The van der Waals surface area contributed by atoms with Crippen LogP contribution in [0.3, 0.4) is 0 Å². The number of amides is 1. The molecule has 6 nitrogen and oxygen atoms in total. The number of hydrogen-bond donors (Lipinski definition) is 0. The molecule has 8 heteroatoms. The average Bonchev–Trinajstić information content (AvgIpc) is 3.24. The van der Waals surface area contributed by atoms with Crippen molar-refractivity contribution in [3.8, 4) is 5.75 Å². The van der Waals surface area contributed by atoms with Gasteiger partial charge >= 0.3 is 0 Å². The number of fused-ring (bicyclic) bond motifs is 2. The van der Waals surface area contributed by atoms with Crippen LogP contribution in [0.5, 0.6) is 5.75 Å². The number of methoxy groups -OCH3 is 1. The monoisotopic (exact) mass is 452 g/mol. The van der Waals surface area contributed by atoms with Gasteiger partial charge in [-0.25, -0.2) is 4.98 Å². The van der Waals surface area contributed by atoms with Crippen LogP contribution in [0, 0.1) is 13.8 Å². The van der Waals surface area contributed by atoms with Crippen molar-refractivity contribution in [3.05, 3.63) is 85.2 Å². The Hall–Kier alpha value is -3.16. The van der Waals surface area contributed by atoms with Gasteiger partial charge in [0.05, 0.1) is 23.8 Å². The maximum Gasteiger partial charge on any atom is 0.297 e. The van der Waals surface area contributed by atoms with Crippen LogP contribution < -0.4 is 15.1 Å². The summed E-state index contributed by atoms with van der Waals surface area (Å²) in [6, 6.07) is 11.4. The molecule has 1 aliphatic heterocycles. The molecular weight excluding hydrogens is 436 g/mol. The first-order valence-corrected chi connectivity index (χ1v) is 10.8. The Kier molecular flexibility index (Phi) is 4.60. The van der Waals surface area contributed by atoms with Crippen LogP contribution in [-0.4, -0.2) is 18.0 Å². The lowest BCUT2D eigenvalue weighted by Crippen LogP contribution is -2.29. The molecule has 0 radical (unpaired) electrons. The number of rotatable bonds is 3. The van der Waals surface area contributed by atoms with Crippen LogP contribution in [0.15, 0.2) is 51.7 Å². The Balaban J connectivity index is 1.85. The van der Waals surface area contributed by atoms with Crippen LogP contribution in [0.1, 0.15) is 38.3 Å². The third-order valence-corrected chi connectivity index (χ3v) is 6.80. The number of carbonyl (C=O) groups is 1. The molecule has 0 spiro atoms. The van der Waals surface area contributed by atoms with Crippen LogP contribution in [-0.2, 0) is 0 Å². The molecule has 1 aliphatic rings. The number of hydrogen-bond acceptors (Lipinski definition) is 6. The SMILES string of the molecule is COc1ccccc1[C@@H]1c2c(oc3ccc(Cl)cc3c2=O)C(=O)N1c1nc(C)c(C)s1. The van der Waals surface area contributed by atoms with Crippen LogP contribution in [0.4, 0.5) is 5.13 Å². The minimum Gasteiger partial charge on any atom is -0.496 e. The van der Waals surface area contributed by atoms with Crippen LogP contribution in [0.2, 0.25) is 5.02 Å². The maximum absolute atomic E-state index is 13.6. The third kappa shape index (κ3) is 2.96. The number of aryl methyl sites for hydroxylation is 2. The van der Waals surface area contributed by atoms with Gasteiger partial charge in [-0.05, 0) is 38.1 Å². The Morgan fingerprint density at radius 1 is 1.16 bits per heavy atom. The van der Waals surface area contributed by atoms with Gasteiger partial charge in [-0.2, -0.15) is 0 Å². The summed E-state index contributed by atoms with van der Waals surface area (Å²) >= 11 is 7.53. The van der Waals surface area contributed by atoms with Gasteiger partial charge in [-0.15, -0.1) is 11.3 Å². The molecule has 0 saturated heterocycles. The van der Waals surface area contributed by atoms with Gasteiger partial charge in [0.1, 0.15) is 17.4 Å². The molecule has 4 aromatic rings. The molecule has 0 bridgehead atoms. The summed E-state index contributed by atoms with van der Waals surface area (Å²) in [4.78, 5) is 34.3. The molecule has 0 N–H and O–H groups in total. The van der Waals surface area contributed by atoms with E-state index in [1.54, 1.807) is 31.4 Å². The van der Waals surface area contributed by atoms with Crippen molar-refractivity contribution in [2.45, 2.75) is 19.9 Å². The summed E-state index contributed by atoms with van der Waals surface area (Å²) in [6.07, 6.45) is 0. The van der Waals surface area contributed by atoms with E-state index in [1.807, 2.05) is 32.0 Å². The summed E-state index contributed by atoms with van der Waals surface area (Å²) in [5, 5.41) is 1.25. The topological polar surface area (TPSA) is 72.6 Å². The van der Waals surface area contributed by atoms with Gasteiger partial charge in [-0.1, -0.05) is 29.8 Å². The molecule has 2 aromatic heterocycles. The first-order valence-electron chi connectivity index (χ1n) is 9.57. The molecule has 156 valence electrons. The zero-order valence-electron chi connectivity index (χ0n) is 16.9. The highest BCUT2D eigenvalue weighted by atomic mass is 35.5. The average molecular weight is 453 g/mol. The van der Waals surface area contributed by atoms with Crippen LogP contribution >= 0.6 is 22.9 Å². The normalized spacial score (nSPS) is 15.5. The molecule has 0 fully saturated rings. The Labute approximate surface area is 186 Å². The first kappa shape index (κ1) is 19.8. The van der Waals surface area contributed by atoms with Crippen molar-refractivity contribution in [2.24, 2.45) is 0 Å². The van der Waals surface area contributed by atoms with Gasteiger partial charge in [-0.3, -0.25) is 14.5 Å². The maximum atomic E-state index is 13.6. The number of benzene rings is 2. The van der Waals surface area contributed by atoms with E-state index in [4.69, 9.17) is 20.8 Å². The number of anilines is 1. The number of ether oxygens (including phenoxy) is 1. The lowest BCUT2D eigenvalue weighted by Gasteiger charge is -2.24. The highest BCUT2D eigenvalue weighted by molar-refractivity contribution is 7.15. The molecule has 1 atom stereocenters. The predicted molar refractivity (Wildman–Crippen MR) is 121 cm³/mol. The van der Waals surface area contributed by atoms with Crippen molar-refractivity contribution in [1.29, 1.82) is 0 Å². The quantitative estimate of drug-likeness (QED) is 0.423. The fraction of sp³-hybridized carbons (Fsp3) is 0.174. The fourth-order valence-corrected chi connectivity index (χ4v) is 5.00. The van der Waals surface area contributed by atoms with E-state index < -0.39 is 11.9 Å². The first-order chi connectivity index (χ1) is 14.9. The predicted octanol–water partition coefficient (Wildman–Crippen LogP) is 5.28. The second-order valence-electron chi connectivity index (χ2n) is 7.27. The largest absolute Gasteiger partial charge is 0.496 e. The smallest absolute Gasteiger partial charge is 0.297 e. The number of carbonyl (C=O) groups excluding carboxylic acids is 1. The lowest BCUT2D eigenvalue weighted by atomic mass is 9.98. The second kappa shape index (κ2) is 7.21. The van der Waals surface area contributed by atoms with E-state index >= 15 is 0 Å². The van der Waals surface area contributed by atoms with Crippen LogP contribution in [0.25, 0.3) is 11.0 Å². The summed E-state index contributed by atoms with van der Waals surface area (Å²) in [6.45, 7) is 3.84. The molecule has 2 aromatic carbocycles. The zero-order chi connectivity index (χ0) is 21.9. The van der Waals surface area contributed by atoms with Gasteiger partial charge in [0.2, 0.25) is 5.76 Å². The summed E-state index contributed by atoms with van der Waals surface area (Å²) in [7, 11) is 1.56. The van der Waals surface area contributed by atoms with Crippen molar-refractivity contribution in [3.63, 3.8) is 0 Å². The van der Waals surface area contributed by atoms with E-state index in [0.717, 1.165) is 10.6 Å². The Bertz CT molecular complexity index is 1410. The molecule has 0 aliphatic carbocycles. The molecular formula is C23H17ClN2O4S. The molecule has 0 unspecified atom stereocenters. The van der Waals surface area contributed by atoms with Crippen molar-refractivity contribution in [1.82, 2.24) is 4.98 Å². The molecule has 0 saturated carbocycles. The van der Waals surface area contributed by atoms with E-state index in [-0.39, 0.29) is 16.8 Å². The Morgan fingerprint density at radius 3 is 2.65 bits per heavy atom. The number of thiazole rings is 1. The van der Waals surface area contributed by atoms with E-state index in [1.165, 1.54) is 16.2 Å². The van der Waals surface area contributed by atoms with Gasteiger partial charge in [0.15, 0.2) is 10.6 Å². The van der Waals surface area contributed by atoms with Crippen molar-refractivity contribution in [2.75, 3.05) is 12.0 Å². The molecule has 31 heavy (non-hydrogen) atoms. The number of halogens is 1. The fourth-order valence-electron chi connectivity index (χ4n) is 3.89. The minimum absolute atomic E-state index is 0.0150. The van der Waals surface area contributed by atoms with E-state index in [9.17, 15) is 9.59 Å². The minimum atomic E-state index is -0.733. The number of nitrogens with zero attached hydrogens (tertiary/aromatic N) is 2. The zero-order valence-corrected chi connectivity index (χ0v) is 18.5. The van der Waals surface area contributed by atoms with Gasteiger partial charge < -0.3 is 9.15 Å². The number of aromatic nitrogens is 1. The van der Waals surface area contributed by atoms with Gasteiger partial charge in [0, 0.05) is 15.5 Å². The highest BCUT2D eigenvalue weighted by Gasteiger charge is 2.46. The van der Waals surface area contributed by atoms with Crippen molar-refractivity contribution >= 4 is 44.9 Å². The lowest BCUT2D eigenvalue weighted by molar-refractivity contribution is 0.0971. The molecule has 5 rings (SSSR count).